The van der Waals surface area contributed by atoms with Crippen molar-refractivity contribution >= 4 is 10.8 Å². The Kier molecular flexibility index (Phi) is 5.73. The summed E-state index contributed by atoms with van der Waals surface area (Å²) in [6, 6.07) is 20.5. The van der Waals surface area contributed by atoms with Crippen molar-refractivity contribution in [2.45, 2.75) is 52.4 Å². The van der Waals surface area contributed by atoms with Gasteiger partial charge in [-0.3, -0.25) is 0 Å². The predicted molar refractivity (Wildman–Crippen MR) is 104 cm³/mol. The summed E-state index contributed by atoms with van der Waals surface area (Å²) in [6.45, 7) is 4.72. The molecule has 25 heavy (non-hydrogen) atoms. The van der Waals surface area contributed by atoms with Crippen LogP contribution in [0.2, 0.25) is 0 Å². The molecule has 0 amide bonds. The van der Waals surface area contributed by atoms with Crippen LogP contribution < -0.4 is 0 Å². The SMILES string of the molecule is CCC1(CC)Cc2cc3cc[c-](CCc4ccccc4)c3cc2C1.[Hf]. The zero-order chi connectivity index (χ0) is 16.6. The first-order valence-corrected chi connectivity index (χ1v) is 9.47. The fraction of sp³-hybridized carbons (Fsp3) is 0.375. The first kappa shape index (κ1) is 18.7. The van der Waals surface area contributed by atoms with Gasteiger partial charge in [-0.25, -0.2) is 0 Å². The largest absolute Gasteiger partial charge is 0.168 e. The number of rotatable bonds is 5. The van der Waals surface area contributed by atoms with Crippen molar-refractivity contribution in [3.63, 3.8) is 0 Å². The molecule has 4 rings (SSSR count). The quantitative estimate of drug-likeness (QED) is 0.291. The normalized spacial score (nSPS) is 15.1. The Morgan fingerprint density at radius 2 is 1.60 bits per heavy atom. The van der Waals surface area contributed by atoms with Gasteiger partial charge in [0.05, 0.1) is 0 Å². The van der Waals surface area contributed by atoms with Crippen LogP contribution >= 0.6 is 0 Å². The number of aryl methyl sites for hydroxylation is 2. The molecule has 0 atom stereocenters. The van der Waals surface area contributed by atoms with Gasteiger partial charge in [0, 0.05) is 25.8 Å². The first-order valence-electron chi connectivity index (χ1n) is 9.47. The molecule has 128 valence electrons. The Morgan fingerprint density at radius 1 is 0.920 bits per heavy atom. The van der Waals surface area contributed by atoms with E-state index in [1.54, 1.807) is 11.1 Å². The topological polar surface area (TPSA) is 0 Å². The molecule has 0 aliphatic heterocycles. The second kappa shape index (κ2) is 7.66. The van der Waals surface area contributed by atoms with E-state index in [1.165, 1.54) is 47.6 Å². The maximum Gasteiger partial charge on any atom is 0 e. The molecule has 0 unspecified atom stereocenters. The summed E-state index contributed by atoms with van der Waals surface area (Å²) in [5.74, 6) is 0. The van der Waals surface area contributed by atoms with Crippen molar-refractivity contribution in [1.82, 2.24) is 0 Å². The molecule has 0 spiro atoms. The van der Waals surface area contributed by atoms with Gasteiger partial charge in [0.2, 0.25) is 0 Å². The van der Waals surface area contributed by atoms with Gasteiger partial charge >= 0.3 is 0 Å². The summed E-state index contributed by atoms with van der Waals surface area (Å²) in [4.78, 5) is 0. The molecule has 0 saturated carbocycles. The van der Waals surface area contributed by atoms with Gasteiger partial charge in [0.1, 0.15) is 0 Å². The van der Waals surface area contributed by atoms with E-state index in [4.69, 9.17) is 0 Å². The summed E-state index contributed by atoms with van der Waals surface area (Å²) >= 11 is 0. The third-order valence-electron chi connectivity index (χ3n) is 6.34. The minimum absolute atomic E-state index is 0. The van der Waals surface area contributed by atoms with Gasteiger partial charge in [-0.05, 0) is 43.1 Å². The summed E-state index contributed by atoms with van der Waals surface area (Å²) in [7, 11) is 0. The van der Waals surface area contributed by atoms with Crippen molar-refractivity contribution in [3.8, 4) is 0 Å². The van der Waals surface area contributed by atoms with Crippen molar-refractivity contribution < 1.29 is 25.8 Å². The van der Waals surface area contributed by atoms with Crippen molar-refractivity contribution in [2.75, 3.05) is 0 Å². The fourth-order valence-corrected chi connectivity index (χ4v) is 4.50. The van der Waals surface area contributed by atoms with Gasteiger partial charge in [-0.15, -0.1) is 34.5 Å². The Balaban J connectivity index is 0.00000182. The Labute approximate surface area is 170 Å². The Morgan fingerprint density at radius 3 is 2.28 bits per heavy atom. The van der Waals surface area contributed by atoms with Crippen LogP contribution in [0.25, 0.3) is 10.8 Å². The molecule has 1 heteroatoms. The van der Waals surface area contributed by atoms with Crippen LogP contribution in [0.15, 0.2) is 54.6 Å². The molecule has 0 N–H and O–H groups in total. The van der Waals surface area contributed by atoms with E-state index in [2.05, 4.69) is 68.4 Å². The minimum atomic E-state index is 0. The third kappa shape index (κ3) is 3.58. The van der Waals surface area contributed by atoms with E-state index in [0.717, 1.165) is 12.8 Å². The summed E-state index contributed by atoms with van der Waals surface area (Å²) in [6.07, 6.45) is 7.40. The van der Waals surface area contributed by atoms with E-state index >= 15 is 0 Å². The summed E-state index contributed by atoms with van der Waals surface area (Å²) in [5, 5.41) is 2.94. The van der Waals surface area contributed by atoms with Crippen molar-refractivity contribution in [2.24, 2.45) is 5.41 Å². The van der Waals surface area contributed by atoms with E-state index in [-0.39, 0.29) is 25.8 Å². The van der Waals surface area contributed by atoms with Crippen LogP contribution in [0.3, 0.4) is 0 Å². The molecule has 0 radical (unpaired) electrons. The number of hydrogen-bond donors (Lipinski definition) is 0. The molecule has 0 heterocycles. The fourth-order valence-electron chi connectivity index (χ4n) is 4.50. The molecule has 0 saturated heterocycles. The smallest absolute Gasteiger partial charge is 0 e. The number of fused-ring (bicyclic) bond motifs is 2. The zero-order valence-corrected chi connectivity index (χ0v) is 19.0. The van der Waals surface area contributed by atoms with Gasteiger partial charge in [-0.2, -0.15) is 6.07 Å². The van der Waals surface area contributed by atoms with Gasteiger partial charge in [0.15, 0.2) is 0 Å². The second-order valence-corrected chi connectivity index (χ2v) is 7.61. The molecule has 3 aromatic carbocycles. The van der Waals surface area contributed by atoms with Crippen LogP contribution in [-0.4, -0.2) is 0 Å². The first-order chi connectivity index (χ1) is 11.7. The van der Waals surface area contributed by atoms with Crippen LogP contribution in [0.5, 0.6) is 0 Å². The van der Waals surface area contributed by atoms with Crippen LogP contribution in [0, 0.1) is 5.41 Å². The minimum Gasteiger partial charge on any atom is -0.168 e. The second-order valence-electron chi connectivity index (χ2n) is 7.61. The van der Waals surface area contributed by atoms with E-state index in [0.29, 0.717) is 5.41 Å². The predicted octanol–water partition coefficient (Wildman–Crippen LogP) is 6.25. The molecular formula is C24H27Hf-. The summed E-state index contributed by atoms with van der Waals surface area (Å²) < 4.78 is 0. The number of hydrogen-bond acceptors (Lipinski definition) is 0. The van der Waals surface area contributed by atoms with E-state index in [9.17, 15) is 0 Å². The van der Waals surface area contributed by atoms with E-state index < -0.39 is 0 Å². The molecule has 0 nitrogen and oxygen atoms in total. The average Bonchev–Trinajstić information content (AvgIpc) is 3.19. The molecule has 0 fully saturated rings. The van der Waals surface area contributed by atoms with Crippen LogP contribution in [0.1, 0.15) is 48.9 Å². The molecule has 1 aliphatic rings. The molecular weight excluding hydrogens is 467 g/mol. The van der Waals surface area contributed by atoms with Crippen molar-refractivity contribution in [1.29, 1.82) is 0 Å². The maximum absolute atomic E-state index is 2.51. The van der Waals surface area contributed by atoms with Crippen molar-refractivity contribution in [3.05, 3.63) is 76.9 Å². The third-order valence-corrected chi connectivity index (χ3v) is 6.34. The van der Waals surface area contributed by atoms with Gasteiger partial charge < -0.3 is 0 Å². The molecule has 0 aromatic heterocycles. The Bertz CT molecular complexity index is 837. The van der Waals surface area contributed by atoms with Gasteiger partial charge in [-0.1, -0.05) is 61.7 Å². The zero-order valence-electron chi connectivity index (χ0n) is 15.4. The molecule has 0 bridgehead atoms. The molecule has 3 aromatic rings. The Hall–Kier alpha value is -1.08. The molecule has 1 aliphatic carbocycles. The average molecular weight is 494 g/mol. The van der Waals surface area contributed by atoms with Crippen LogP contribution in [-0.2, 0) is 51.5 Å². The van der Waals surface area contributed by atoms with Crippen LogP contribution in [0.4, 0.5) is 0 Å². The summed E-state index contributed by atoms with van der Waals surface area (Å²) in [5.41, 5.74) is 6.68. The van der Waals surface area contributed by atoms with E-state index in [1.807, 2.05) is 0 Å². The maximum atomic E-state index is 2.51. The number of benzene rings is 2. The monoisotopic (exact) mass is 495 g/mol. The van der Waals surface area contributed by atoms with Gasteiger partial charge in [0.25, 0.3) is 0 Å². The standard InChI is InChI=1S/C24H27.Hf/c1-3-24(4-2)16-21-14-20-13-12-19(23(20)15-22(21)17-24)11-10-18-8-6-5-7-9-18;/h5-9,12-15H,3-4,10-11,16-17H2,1-2H3;/q-1;.